The zero-order chi connectivity index (χ0) is 19.5. The average Bonchev–Trinajstić information content (AvgIpc) is 3.34. The maximum Gasteiger partial charge on any atom is 0.251 e. The molecule has 148 valence electrons. The lowest BCUT2D eigenvalue weighted by molar-refractivity contribution is -0.139. The maximum absolute atomic E-state index is 12.5. The fourth-order valence-corrected chi connectivity index (χ4v) is 4.61. The molecule has 0 unspecified atom stereocenters. The summed E-state index contributed by atoms with van der Waals surface area (Å²) in [6, 6.07) is 3.50. The van der Waals surface area contributed by atoms with E-state index < -0.39 is 0 Å². The Morgan fingerprint density at radius 2 is 2.07 bits per heavy atom. The molecule has 0 spiro atoms. The number of piperidine rings is 1. The second kappa shape index (κ2) is 8.26. The summed E-state index contributed by atoms with van der Waals surface area (Å²) in [5, 5.41) is 3.96. The van der Waals surface area contributed by atoms with Crippen LogP contribution in [0.25, 0.3) is 11.3 Å². The zero-order valence-electron chi connectivity index (χ0n) is 15.7. The molecule has 2 aliphatic heterocycles. The highest BCUT2D eigenvalue weighted by Gasteiger charge is 2.28. The first-order valence-electron chi connectivity index (χ1n) is 9.77. The van der Waals surface area contributed by atoms with Crippen molar-refractivity contribution in [1.29, 1.82) is 0 Å². The van der Waals surface area contributed by atoms with Gasteiger partial charge in [-0.2, -0.15) is 11.3 Å². The lowest BCUT2D eigenvalue weighted by Gasteiger charge is -2.33. The molecule has 2 amide bonds. The molecule has 2 aromatic heterocycles. The third-order valence-corrected chi connectivity index (χ3v) is 6.24. The average molecular weight is 401 g/mol. The van der Waals surface area contributed by atoms with E-state index in [0.717, 1.165) is 24.8 Å². The number of rotatable bonds is 5. The van der Waals surface area contributed by atoms with Crippen LogP contribution in [0.5, 0.6) is 0 Å². The van der Waals surface area contributed by atoms with Crippen LogP contribution in [-0.4, -0.2) is 57.8 Å². The number of nitrogens with one attached hydrogen (secondary N) is 1. The van der Waals surface area contributed by atoms with Crippen LogP contribution >= 0.6 is 11.3 Å². The van der Waals surface area contributed by atoms with Gasteiger partial charge in [-0.3, -0.25) is 14.4 Å². The highest BCUT2D eigenvalue weighted by atomic mass is 32.1. The van der Waals surface area contributed by atoms with Gasteiger partial charge in [0.25, 0.3) is 5.56 Å². The lowest BCUT2D eigenvalue weighted by atomic mass is 9.93. The summed E-state index contributed by atoms with van der Waals surface area (Å²) >= 11 is 1.58. The van der Waals surface area contributed by atoms with Crippen molar-refractivity contribution in [3.63, 3.8) is 0 Å². The number of aromatic amines is 1. The van der Waals surface area contributed by atoms with Gasteiger partial charge in [0, 0.05) is 49.5 Å². The van der Waals surface area contributed by atoms with Crippen LogP contribution in [0.15, 0.2) is 27.7 Å². The Labute approximate surface area is 167 Å². The van der Waals surface area contributed by atoms with Gasteiger partial charge in [-0.1, -0.05) is 0 Å². The lowest BCUT2D eigenvalue weighted by Crippen LogP contribution is -2.44. The van der Waals surface area contributed by atoms with E-state index in [0.29, 0.717) is 49.9 Å². The fraction of sp³-hybridized carbons (Fsp3) is 0.500. The minimum Gasteiger partial charge on any atom is -0.341 e. The van der Waals surface area contributed by atoms with Crippen LogP contribution in [0, 0.1) is 5.92 Å². The molecule has 28 heavy (non-hydrogen) atoms. The molecular formula is C20H24N4O3S. The Morgan fingerprint density at radius 1 is 1.25 bits per heavy atom. The van der Waals surface area contributed by atoms with E-state index in [4.69, 9.17) is 0 Å². The minimum atomic E-state index is -0.130. The first kappa shape index (κ1) is 18.9. The second-order valence-corrected chi connectivity index (χ2v) is 8.32. The molecule has 2 saturated heterocycles. The van der Waals surface area contributed by atoms with Crippen molar-refractivity contribution in [3.05, 3.63) is 39.1 Å². The summed E-state index contributed by atoms with van der Waals surface area (Å²) in [4.78, 5) is 47.2. The number of amides is 2. The number of carbonyl (C=O) groups is 2. The summed E-state index contributed by atoms with van der Waals surface area (Å²) in [5.41, 5.74) is 1.55. The fourth-order valence-electron chi connectivity index (χ4n) is 3.96. The molecule has 0 atom stereocenters. The van der Waals surface area contributed by atoms with Gasteiger partial charge in [0.05, 0.1) is 12.2 Å². The van der Waals surface area contributed by atoms with E-state index in [1.165, 1.54) is 6.07 Å². The number of aromatic nitrogens is 2. The summed E-state index contributed by atoms with van der Waals surface area (Å²) in [6.45, 7) is 2.29. The summed E-state index contributed by atoms with van der Waals surface area (Å²) in [5.74, 6) is 1.22. The molecule has 0 saturated carbocycles. The van der Waals surface area contributed by atoms with E-state index >= 15 is 0 Å². The Hall–Kier alpha value is -2.48. The Balaban J connectivity index is 1.33. The Bertz CT molecular complexity index is 900. The summed E-state index contributed by atoms with van der Waals surface area (Å²) < 4.78 is 0. The monoisotopic (exact) mass is 400 g/mol. The number of thiophene rings is 1. The van der Waals surface area contributed by atoms with Gasteiger partial charge >= 0.3 is 0 Å². The van der Waals surface area contributed by atoms with Crippen LogP contribution in [0.2, 0.25) is 0 Å². The smallest absolute Gasteiger partial charge is 0.251 e. The van der Waals surface area contributed by atoms with Crippen molar-refractivity contribution in [3.8, 4) is 11.3 Å². The SMILES string of the molecule is O=C(CN1CCCC1=O)N1CCC(Cc2nc(-c3ccsc3)cc(=O)[nH]2)CC1. The van der Waals surface area contributed by atoms with Gasteiger partial charge < -0.3 is 14.8 Å². The van der Waals surface area contributed by atoms with E-state index in [2.05, 4.69) is 9.97 Å². The largest absolute Gasteiger partial charge is 0.341 e. The highest BCUT2D eigenvalue weighted by molar-refractivity contribution is 7.08. The van der Waals surface area contributed by atoms with Gasteiger partial charge in [-0.15, -0.1) is 0 Å². The van der Waals surface area contributed by atoms with Crippen LogP contribution in [0.4, 0.5) is 0 Å². The maximum atomic E-state index is 12.5. The quantitative estimate of drug-likeness (QED) is 0.831. The summed E-state index contributed by atoms with van der Waals surface area (Å²) in [6.07, 6.45) is 3.88. The summed E-state index contributed by atoms with van der Waals surface area (Å²) in [7, 11) is 0. The molecule has 4 heterocycles. The van der Waals surface area contributed by atoms with E-state index in [9.17, 15) is 14.4 Å². The first-order chi connectivity index (χ1) is 13.6. The molecular weight excluding hydrogens is 376 g/mol. The van der Waals surface area contributed by atoms with Crippen molar-refractivity contribution < 1.29 is 9.59 Å². The first-order valence-corrected chi connectivity index (χ1v) is 10.7. The van der Waals surface area contributed by atoms with Gasteiger partial charge in [-0.25, -0.2) is 4.98 Å². The van der Waals surface area contributed by atoms with Crippen molar-refractivity contribution in [2.45, 2.75) is 32.1 Å². The number of hydrogen-bond acceptors (Lipinski definition) is 5. The second-order valence-electron chi connectivity index (χ2n) is 7.54. The predicted octanol–water partition coefficient (Wildman–Crippen LogP) is 1.90. The van der Waals surface area contributed by atoms with Gasteiger partial charge in [0.15, 0.2) is 0 Å². The molecule has 1 N–H and O–H groups in total. The van der Waals surface area contributed by atoms with E-state index in [1.54, 1.807) is 16.2 Å². The molecule has 2 aliphatic rings. The molecule has 0 aromatic carbocycles. The third-order valence-electron chi connectivity index (χ3n) is 5.55. The third kappa shape index (κ3) is 4.32. The van der Waals surface area contributed by atoms with Crippen LogP contribution < -0.4 is 5.56 Å². The van der Waals surface area contributed by atoms with Gasteiger partial charge in [0.1, 0.15) is 5.82 Å². The Morgan fingerprint density at radius 3 is 2.75 bits per heavy atom. The number of hydrogen-bond donors (Lipinski definition) is 1. The van der Waals surface area contributed by atoms with Gasteiger partial charge in [-0.05, 0) is 36.6 Å². The minimum absolute atomic E-state index is 0.0414. The zero-order valence-corrected chi connectivity index (χ0v) is 16.5. The standard InChI is InChI=1S/C20H24N4O3S/c25-18-11-16(15-5-9-28-13-15)21-17(22-18)10-14-3-7-23(8-4-14)20(27)12-24-6-1-2-19(24)26/h5,9,11,13-14H,1-4,6-8,10,12H2,(H,21,22,25). The normalized spacial score (nSPS) is 18.1. The number of carbonyl (C=O) groups excluding carboxylic acids is 2. The van der Waals surface area contributed by atoms with Crippen LogP contribution in [-0.2, 0) is 16.0 Å². The molecule has 0 radical (unpaired) electrons. The topological polar surface area (TPSA) is 86.4 Å². The molecule has 8 heteroatoms. The highest BCUT2D eigenvalue weighted by Crippen LogP contribution is 2.23. The molecule has 0 bridgehead atoms. The van der Waals surface area contributed by atoms with Crippen molar-refractivity contribution in [1.82, 2.24) is 19.8 Å². The molecule has 4 rings (SSSR count). The number of H-pyrrole nitrogens is 1. The van der Waals surface area contributed by atoms with Crippen LogP contribution in [0.1, 0.15) is 31.5 Å². The van der Waals surface area contributed by atoms with Crippen LogP contribution in [0.3, 0.4) is 0 Å². The van der Waals surface area contributed by atoms with E-state index in [1.807, 2.05) is 21.7 Å². The van der Waals surface area contributed by atoms with E-state index in [-0.39, 0.29) is 23.9 Å². The number of likely N-dealkylation sites (tertiary alicyclic amines) is 2. The molecule has 7 nitrogen and oxygen atoms in total. The molecule has 2 aromatic rings. The molecule has 0 aliphatic carbocycles. The van der Waals surface area contributed by atoms with Gasteiger partial charge in [0.2, 0.25) is 11.8 Å². The number of nitrogens with zero attached hydrogens (tertiary/aromatic N) is 3. The van der Waals surface area contributed by atoms with Crippen molar-refractivity contribution in [2.75, 3.05) is 26.2 Å². The van der Waals surface area contributed by atoms with Crippen molar-refractivity contribution in [2.24, 2.45) is 5.92 Å². The predicted molar refractivity (Wildman–Crippen MR) is 107 cm³/mol. The van der Waals surface area contributed by atoms with Crippen molar-refractivity contribution >= 4 is 23.2 Å². The Kier molecular flexibility index (Phi) is 5.57. The molecule has 2 fully saturated rings.